The molecule has 0 saturated carbocycles. The van der Waals surface area contributed by atoms with Gasteiger partial charge >= 0.3 is 0 Å². The maximum absolute atomic E-state index is 12.6. The van der Waals surface area contributed by atoms with Crippen LogP contribution in [0.15, 0.2) is 46.7 Å². The highest BCUT2D eigenvalue weighted by Gasteiger charge is 2.21. The first-order valence-electron chi connectivity index (χ1n) is 11.0. The highest BCUT2D eigenvalue weighted by Crippen LogP contribution is 2.21. The third-order valence-corrected chi connectivity index (χ3v) is 7.83. The van der Waals surface area contributed by atoms with Gasteiger partial charge in [-0.2, -0.15) is 0 Å². The monoisotopic (exact) mass is 463 g/mol. The predicted octanol–water partition coefficient (Wildman–Crippen LogP) is 3.71. The normalized spacial score (nSPS) is 19.9. The van der Waals surface area contributed by atoms with Crippen LogP contribution in [0.1, 0.15) is 48.3 Å². The van der Waals surface area contributed by atoms with Crippen LogP contribution in [0.2, 0.25) is 0 Å². The van der Waals surface area contributed by atoms with Crippen LogP contribution in [0.3, 0.4) is 0 Å². The molecule has 0 radical (unpaired) electrons. The lowest BCUT2D eigenvalue weighted by Crippen LogP contribution is -2.39. The lowest BCUT2D eigenvalue weighted by Gasteiger charge is -2.34. The van der Waals surface area contributed by atoms with Gasteiger partial charge in [0.15, 0.2) is 0 Å². The lowest BCUT2D eigenvalue weighted by atomic mass is 9.92. The van der Waals surface area contributed by atoms with Gasteiger partial charge in [-0.25, -0.2) is 13.1 Å². The summed E-state index contributed by atoms with van der Waals surface area (Å²) in [7, 11) is -3.67. The van der Waals surface area contributed by atoms with Gasteiger partial charge in [-0.15, -0.1) is 11.3 Å². The molecule has 0 spiro atoms. The van der Waals surface area contributed by atoms with Crippen molar-refractivity contribution in [3.63, 3.8) is 0 Å². The summed E-state index contributed by atoms with van der Waals surface area (Å²) in [5.41, 5.74) is 0.359. The molecule has 3 rings (SSSR count). The van der Waals surface area contributed by atoms with E-state index in [0.29, 0.717) is 12.1 Å². The lowest BCUT2D eigenvalue weighted by molar-refractivity contribution is 0.0951. The zero-order chi connectivity index (χ0) is 22.3. The first kappa shape index (κ1) is 23.9. The average molecular weight is 464 g/mol. The molecule has 2 aromatic rings. The minimum absolute atomic E-state index is 0.102. The van der Waals surface area contributed by atoms with Crippen LogP contribution in [-0.2, 0) is 16.6 Å². The minimum atomic E-state index is -3.67. The molecule has 1 amide bonds. The van der Waals surface area contributed by atoms with Crippen LogP contribution in [0.4, 0.5) is 0 Å². The molecule has 1 aromatic heterocycles. The van der Waals surface area contributed by atoms with Crippen LogP contribution in [-0.4, -0.2) is 45.4 Å². The molecule has 2 N–H and O–H groups in total. The van der Waals surface area contributed by atoms with E-state index in [9.17, 15) is 13.2 Å². The molecule has 1 aliphatic heterocycles. The van der Waals surface area contributed by atoms with E-state index in [-0.39, 0.29) is 17.3 Å². The van der Waals surface area contributed by atoms with Gasteiger partial charge in [-0.3, -0.25) is 4.79 Å². The number of rotatable bonds is 10. The standard InChI is InChI=1S/C23H33N3O3S2/c1-18-13-19(2)17-26(16-18)11-4-3-10-24-23(27)20-7-5-9-22(14-20)31(28,29)25-15-21-8-6-12-30-21/h5-9,12,14,18-19,25H,3-4,10-11,13,15-17H2,1-2H3,(H,24,27). The van der Waals surface area contributed by atoms with Gasteiger partial charge in [0, 0.05) is 36.6 Å². The second-order valence-electron chi connectivity index (χ2n) is 8.60. The van der Waals surface area contributed by atoms with Gasteiger partial charge in [0.05, 0.1) is 4.90 Å². The van der Waals surface area contributed by atoms with E-state index < -0.39 is 10.0 Å². The van der Waals surface area contributed by atoms with Crippen LogP contribution < -0.4 is 10.0 Å². The zero-order valence-corrected chi connectivity index (χ0v) is 20.0. The topological polar surface area (TPSA) is 78.5 Å². The number of nitrogens with one attached hydrogen (secondary N) is 2. The number of amides is 1. The Morgan fingerprint density at radius 2 is 1.90 bits per heavy atom. The maximum atomic E-state index is 12.6. The van der Waals surface area contributed by atoms with Crippen molar-refractivity contribution in [2.45, 2.75) is 44.6 Å². The summed E-state index contributed by atoms with van der Waals surface area (Å²) in [5, 5.41) is 4.82. The van der Waals surface area contributed by atoms with E-state index in [1.54, 1.807) is 12.1 Å². The molecule has 8 heteroatoms. The van der Waals surface area contributed by atoms with Crippen LogP contribution >= 0.6 is 11.3 Å². The second-order valence-corrected chi connectivity index (χ2v) is 11.4. The van der Waals surface area contributed by atoms with E-state index in [4.69, 9.17) is 0 Å². The molecule has 1 aromatic carbocycles. The molecule has 1 aliphatic rings. The van der Waals surface area contributed by atoms with Crippen molar-refractivity contribution in [3.05, 3.63) is 52.2 Å². The first-order valence-corrected chi connectivity index (χ1v) is 13.3. The Balaban J connectivity index is 1.44. The molecule has 170 valence electrons. The van der Waals surface area contributed by atoms with Crippen LogP contribution in [0, 0.1) is 11.8 Å². The fourth-order valence-electron chi connectivity index (χ4n) is 4.21. The largest absolute Gasteiger partial charge is 0.352 e. The van der Waals surface area contributed by atoms with E-state index >= 15 is 0 Å². The number of benzene rings is 1. The number of carbonyl (C=O) groups excluding carboxylic acids is 1. The number of piperidine rings is 1. The van der Waals surface area contributed by atoms with Gasteiger partial charge < -0.3 is 10.2 Å². The summed E-state index contributed by atoms with van der Waals surface area (Å²) >= 11 is 1.49. The molecule has 2 heterocycles. The fraction of sp³-hybridized carbons (Fsp3) is 0.522. The summed E-state index contributed by atoms with van der Waals surface area (Å²) in [6.07, 6.45) is 3.26. The fourth-order valence-corrected chi connectivity index (χ4v) is 5.99. The summed E-state index contributed by atoms with van der Waals surface area (Å²) in [4.78, 5) is 16.0. The van der Waals surface area contributed by atoms with Crippen molar-refractivity contribution in [2.75, 3.05) is 26.2 Å². The smallest absolute Gasteiger partial charge is 0.251 e. The van der Waals surface area contributed by atoms with Crippen LogP contribution in [0.25, 0.3) is 0 Å². The maximum Gasteiger partial charge on any atom is 0.251 e. The molecule has 2 unspecified atom stereocenters. The van der Waals surface area contributed by atoms with Crippen molar-refractivity contribution in [1.29, 1.82) is 0 Å². The number of hydrogen-bond donors (Lipinski definition) is 2. The van der Waals surface area contributed by atoms with Gasteiger partial charge in [0.1, 0.15) is 0 Å². The van der Waals surface area contributed by atoms with E-state index in [1.807, 2.05) is 17.5 Å². The first-order chi connectivity index (χ1) is 14.8. The summed E-state index contributed by atoms with van der Waals surface area (Å²) in [6, 6.07) is 9.95. The zero-order valence-electron chi connectivity index (χ0n) is 18.3. The number of likely N-dealkylation sites (tertiary alicyclic amines) is 1. The number of sulfonamides is 1. The Morgan fingerprint density at radius 3 is 2.61 bits per heavy atom. The third kappa shape index (κ3) is 7.42. The quantitative estimate of drug-likeness (QED) is 0.527. The van der Waals surface area contributed by atoms with Crippen LogP contribution in [0.5, 0.6) is 0 Å². The van der Waals surface area contributed by atoms with Crippen molar-refractivity contribution in [3.8, 4) is 0 Å². The van der Waals surface area contributed by atoms with Crippen molar-refractivity contribution >= 4 is 27.3 Å². The van der Waals surface area contributed by atoms with E-state index in [1.165, 1.54) is 43.0 Å². The number of carbonyl (C=O) groups is 1. The Morgan fingerprint density at radius 1 is 1.13 bits per heavy atom. The molecule has 0 bridgehead atoms. The Labute approximate surface area is 190 Å². The van der Waals surface area contributed by atoms with Gasteiger partial charge in [-0.05, 0) is 67.3 Å². The van der Waals surface area contributed by atoms with Crippen molar-refractivity contribution in [2.24, 2.45) is 11.8 Å². The summed E-state index contributed by atoms with van der Waals surface area (Å²) in [6.45, 7) is 8.85. The highest BCUT2D eigenvalue weighted by molar-refractivity contribution is 7.89. The predicted molar refractivity (Wildman–Crippen MR) is 126 cm³/mol. The minimum Gasteiger partial charge on any atom is -0.352 e. The van der Waals surface area contributed by atoms with Gasteiger partial charge in [0.2, 0.25) is 10.0 Å². The Hall–Kier alpha value is -1.74. The molecule has 1 fully saturated rings. The molecular weight excluding hydrogens is 430 g/mol. The SMILES string of the molecule is CC1CC(C)CN(CCCCNC(=O)c2cccc(S(=O)(=O)NCc3cccs3)c2)C1. The number of thiophene rings is 1. The van der Waals surface area contributed by atoms with Crippen molar-refractivity contribution in [1.82, 2.24) is 14.9 Å². The van der Waals surface area contributed by atoms with Gasteiger partial charge in [0.25, 0.3) is 5.91 Å². The van der Waals surface area contributed by atoms with E-state index in [2.05, 4.69) is 28.8 Å². The number of hydrogen-bond acceptors (Lipinski definition) is 5. The molecule has 0 aliphatic carbocycles. The third-order valence-electron chi connectivity index (χ3n) is 5.55. The molecule has 2 atom stereocenters. The molecule has 1 saturated heterocycles. The van der Waals surface area contributed by atoms with Crippen molar-refractivity contribution < 1.29 is 13.2 Å². The second kappa shape index (κ2) is 11.2. The number of nitrogens with zero attached hydrogens (tertiary/aromatic N) is 1. The van der Waals surface area contributed by atoms with E-state index in [0.717, 1.165) is 36.1 Å². The number of unbranched alkanes of at least 4 members (excludes halogenated alkanes) is 1. The Bertz CT molecular complexity index is 935. The molecular formula is C23H33N3O3S2. The van der Waals surface area contributed by atoms with Gasteiger partial charge in [-0.1, -0.05) is 26.0 Å². The highest BCUT2D eigenvalue weighted by atomic mass is 32.2. The Kier molecular flexibility index (Phi) is 8.66. The summed E-state index contributed by atoms with van der Waals surface area (Å²) < 4.78 is 27.7. The molecule has 6 nitrogen and oxygen atoms in total. The summed E-state index contributed by atoms with van der Waals surface area (Å²) in [5.74, 6) is 1.27. The molecule has 31 heavy (non-hydrogen) atoms. The average Bonchev–Trinajstić information content (AvgIpc) is 3.25.